The molecule has 0 saturated heterocycles. The average Bonchev–Trinajstić information content (AvgIpc) is 2.73. The summed E-state index contributed by atoms with van der Waals surface area (Å²) in [5, 5.41) is 5.80. The van der Waals surface area contributed by atoms with E-state index < -0.39 is 0 Å². The predicted octanol–water partition coefficient (Wildman–Crippen LogP) is 6.57. The highest BCUT2D eigenvalue weighted by atomic mass is 16.1. The number of aryl methyl sites for hydroxylation is 1. The highest BCUT2D eigenvalue weighted by Crippen LogP contribution is 2.26. The van der Waals surface area contributed by atoms with Crippen molar-refractivity contribution in [3.63, 3.8) is 0 Å². The van der Waals surface area contributed by atoms with E-state index in [-0.39, 0.29) is 11.8 Å². The lowest BCUT2D eigenvalue weighted by Crippen LogP contribution is -2.16. The van der Waals surface area contributed by atoms with E-state index in [4.69, 9.17) is 0 Å². The van der Waals surface area contributed by atoms with Gasteiger partial charge in [-0.3, -0.25) is 4.79 Å². The van der Waals surface area contributed by atoms with E-state index in [0.717, 1.165) is 27.6 Å². The van der Waals surface area contributed by atoms with Gasteiger partial charge in [-0.25, -0.2) is 0 Å². The molecule has 0 radical (unpaired) electrons. The monoisotopic (exact) mass is 365 g/mol. The van der Waals surface area contributed by atoms with E-state index in [1.54, 1.807) is 0 Å². The minimum Gasteiger partial charge on any atom is -0.378 e. The molecule has 0 fully saturated rings. The van der Waals surface area contributed by atoms with Crippen molar-refractivity contribution >= 4 is 22.2 Å². The molecule has 4 aromatic carbocycles. The molecule has 1 atom stereocenters. The molecular formula is C26H23NO. The SMILES string of the molecule is Cc1cccc(NC(CC(=O)c2ccc3ccccc3c2)c2ccccc2)c1. The van der Waals surface area contributed by atoms with Crippen LogP contribution in [0, 0.1) is 6.92 Å². The summed E-state index contributed by atoms with van der Waals surface area (Å²) < 4.78 is 0. The lowest BCUT2D eigenvalue weighted by Gasteiger charge is -2.20. The van der Waals surface area contributed by atoms with Crippen LogP contribution in [0.3, 0.4) is 0 Å². The van der Waals surface area contributed by atoms with E-state index in [1.165, 1.54) is 5.56 Å². The zero-order chi connectivity index (χ0) is 19.3. The number of hydrogen-bond donors (Lipinski definition) is 1. The smallest absolute Gasteiger partial charge is 0.165 e. The maximum Gasteiger partial charge on any atom is 0.165 e. The molecule has 1 unspecified atom stereocenters. The lowest BCUT2D eigenvalue weighted by molar-refractivity contribution is 0.0976. The van der Waals surface area contributed by atoms with Crippen molar-refractivity contribution < 1.29 is 4.79 Å². The summed E-state index contributed by atoms with van der Waals surface area (Å²) in [6, 6.07) is 32.4. The van der Waals surface area contributed by atoms with Crippen LogP contribution < -0.4 is 5.32 Å². The Bertz CT molecular complexity index is 1100. The Morgan fingerprint density at radius 2 is 1.54 bits per heavy atom. The fraction of sp³-hybridized carbons (Fsp3) is 0.115. The number of fused-ring (bicyclic) bond motifs is 1. The van der Waals surface area contributed by atoms with E-state index >= 15 is 0 Å². The molecule has 0 heterocycles. The molecule has 2 heteroatoms. The van der Waals surface area contributed by atoms with Crippen LogP contribution in [0.2, 0.25) is 0 Å². The van der Waals surface area contributed by atoms with E-state index in [2.05, 4.69) is 42.6 Å². The third-order valence-corrected chi connectivity index (χ3v) is 5.02. The van der Waals surface area contributed by atoms with Gasteiger partial charge in [-0.1, -0.05) is 78.9 Å². The second-order valence-corrected chi connectivity index (χ2v) is 7.17. The molecule has 0 aromatic heterocycles. The van der Waals surface area contributed by atoms with Gasteiger partial charge < -0.3 is 5.32 Å². The van der Waals surface area contributed by atoms with Crippen LogP contribution in [0.15, 0.2) is 97.1 Å². The van der Waals surface area contributed by atoms with Crippen molar-refractivity contribution in [2.75, 3.05) is 5.32 Å². The molecule has 4 rings (SSSR count). The van der Waals surface area contributed by atoms with Crippen LogP contribution in [0.1, 0.15) is 33.9 Å². The number of rotatable bonds is 6. The fourth-order valence-electron chi connectivity index (χ4n) is 3.54. The number of hydrogen-bond acceptors (Lipinski definition) is 2. The quantitative estimate of drug-likeness (QED) is 0.391. The van der Waals surface area contributed by atoms with Gasteiger partial charge in [0.2, 0.25) is 0 Å². The molecule has 138 valence electrons. The Labute approximate surface area is 165 Å². The zero-order valence-corrected chi connectivity index (χ0v) is 15.9. The van der Waals surface area contributed by atoms with Crippen molar-refractivity contribution in [2.24, 2.45) is 0 Å². The number of carbonyl (C=O) groups excluding carboxylic acids is 1. The summed E-state index contributed by atoms with van der Waals surface area (Å²) in [4.78, 5) is 13.1. The number of anilines is 1. The first-order chi connectivity index (χ1) is 13.7. The second-order valence-electron chi connectivity index (χ2n) is 7.17. The van der Waals surface area contributed by atoms with Gasteiger partial charge in [0, 0.05) is 17.7 Å². The maximum atomic E-state index is 13.1. The Morgan fingerprint density at radius 1 is 0.786 bits per heavy atom. The van der Waals surface area contributed by atoms with Crippen molar-refractivity contribution in [2.45, 2.75) is 19.4 Å². The van der Waals surface area contributed by atoms with Gasteiger partial charge in [0.1, 0.15) is 0 Å². The molecule has 0 aliphatic rings. The summed E-state index contributed by atoms with van der Waals surface area (Å²) in [6.07, 6.45) is 0.399. The third-order valence-electron chi connectivity index (χ3n) is 5.02. The summed E-state index contributed by atoms with van der Waals surface area (Å²) in [7, 11) is 0. The molecule has 0 saturated carbocycles. The first-order valence-electron chi connectivity index (χ1n) is 9.59. The number of Topliss-reactive ketones (excluding diaryl/α,β-unsaturated/α-hetero) is 1. The van der Waals surface area contributed by atoms with Gasteiger partial charge in [-0.05, 0) is 47.0 Å². The highest BCUT2D eigenvalue weighted by Gasteiger charge is 2.17. The Hall–Kier alpha value is -3.39. The van der Waals surface area contributed by atoms with Crippen molar-refractivity contribution in [3.05, 3.63) is 114 Å². The Kier molecular flexibility index (Phi) is 5.20. The number of benzene rings is 4. The van der Waals surface area contributed by atoms with E-state index in [9.17, 15) is 4.79 Å². The van der Waals surface area contributed by atoms with Crippen LogP contribution in [0.4, 0.5) is 5.69 Å². The molecule has 4 aromatic rings. The average molecular weight is 365 g/mol. The largest absolute Gasteiger partial charge is 0.378 e. The van der Waals surface area contributed by atoms with Gasteiger partial charge in [-0.15, -0.1) is 0 Å². The molecule has 1 N–H and O–H groups in total. The molecule has 28 heavy (non-hydrogen) atoms. The highest BCUT2D eigenvalue weighted by molar-refractivity contribution is 6.00. The predicted molar refractivity (Wildman–Crippen MR) is 117 cm³/mol. The molecule has 2 nitrogen and oxygen atoms in total. The van der Waals surface area contributed by atoms with E-state index in [0.29, 0.717) is 6.42 Å². The summed E-state index contributed by atoms with van der Waals surface area (Å²) in [5.41, 5.74) is 4.08. The summed E-state index contributed by atoms with van der Waals surface area (Å²) in [6.45, 7) is 2.07. The minimum atomic E-state index is -0.0815. The number of carbonyl (C=O) groups is 1. The van der Waals surface area contributed by atoms with Crippen LogP contribution >= 0.6 is 0 Å². The minimum absolute atomic E-state index is 0.0815. The fourth-order valence-corrected chi connectivity index (χ4v) is 3.54. The number of ketones is 1. The first-order valence-corrected chi connectivity index (χ1v) is 9.59. The summed E-state index contributed by atoms with van der Waals surface area (Å²) in [5.74, 6) is 0.139. The van der Waals surface area contributed by atoms with Gasteiger partial charge in [-0.2, -0.15) is 0 Å². The van der Waals surface area contributed by atoms with Gasteiger partial charge in [0.05, 0.1) is 6.04 Å². The molecule has 0 spiro atoms. The van der Waals surface area contributed by atoms with Crippen LogP contribution in [-0.2, 0) is 0 Å². The maximum absolute atomic E-state index is 13.1. The molecule has 0 aliphatic heterocycles. The normalized spacial score (nSPS) is 11.9. The van der Waals surface area contributed by atoms with Crippen molar-refractivity contribution in [1.82, 2.24) is 0 Å². The lowest BCUT2D eigenvalue weighted by atomic mass is 9.96. The Balaban J connectivity index is 1.61. The van der Waals surface area contributed by atoms with Gasteiger partial charge in [0.25, 0.3) is 0 Å². The topological polar surface area (TPSA) is 29.1 Å². The Morgan fingerprint density at radius 3 is 2.32 bits per heavy atom. The van der Waals surface area contributed by atoms with Crippen LogP contribution in [0.5, 0.6) is 0 Å². The molecule has 0 bridgehead atoms. The van der Waals surface area contributed by atoms with Crippen LogP contribution in [-0.4, -0.2) is 5.78 Å². The molecular weight excluding hydrogens is 342 g/mol. The van der Waals surface area contributed by atoms with Crippen molar-refractivity contribution in [1.29, 1.82) is 0 Å². The van der Waals surface area contributed by atoms with Crippen molar-refractivity contribution in [3.8, 4) is 0 Å². The van der Waals surface area contributed by atoms with Crippen LogP contribution in [0.25, 0.3) is 10.8 Å². The zero-order valence-electron chi connectivity index (χ0n) is 15.9. The van der Waals surface area contributed by atoms with E-state index in [1.807, 2.05) is 66.7 Å². The van der Waals surface area contributed by atoms with Gasteiger partial charge in [0.15, 0.2) is 5.78 Å². The summed E-state index contributed by atoms with van der Waals surface area (Å²) >= 11 is 0. The number of nitrogens with one attached hydrogen (secondary N) is 1. The van der Waals surface area contributed by atoms with Gasteiger partial charge >= 0.3 is 0 Å². The second kappa shape index (κ2) is 8.10. The molecule has 0 aliphatic carbocycles. The first kappa shape index (κ1) is 18.0. The molecule has 0 amide bonds. The third kappa shape index (κ3) is 4.12. The standard InChI is InChI=1S/C26H23NO/c1-19-8-7-13-24(16-19)27-25(21-10-3-2-4-11-21)18-26(28)23-15-14-20-9-5-6-12-22(20)17-23/h2-17,25,27H,18H2,1H3.